The molecule has 2 rings (SSSR count). The van der Waals surface area contributed by atoms with E-state index in [2.05, 4.69) is 24.8 Å². The summed E-state index contributed by atoms with van der Waals surface area (Å²) in [5, 5.41) is 0. The molecule has 2 heterocycles. The van der Waals surface area contributed by atoms with Crippen molar-refractivity contribution in [2.45, 2.75) is 70.9 Å². The second kappa shape index (κ2) is 9.06. The molecule has 0 aromatic rings. The van der Waals surface area contributed by atoms with Gasteiger partial charge < -0.3 is 9.47 Å². The van der Waals surface area contributed by atoms with Gasteiger partial charge in [0.15, 0.2) is 0 Å². The minimum absolute atomic E-state index is 0.0950. The van der Waals surface area contributed by atoms with Gasteiger partial charge in [0.25, 0.3) is 0 Å². The molecule has 0 aromatic heterocycles. The van der Waals surface area contributed by atoms with Crippen LogP contribution in [0.25, 0.3) is 0 Å². The van der Waals surface area contributed by atoms with Crippen molar-refractivity contribution in [1.29, 1.82) is 0 Å². The van der Waals surface area contributed by atoms with E-state index in [4.69, 9.17) is 9.47 Å². The minimum Gasteiger partial charge on any atom is -0.461 e. The van der Waals surface area contributed by atoms with Gasteiger partial charge in [0, 0.05) is 25.9 Å². The lowest BCUT2D eigenvalue weighted by Crippen LogP contribution is -2.36. The van der Waals surface area contributed by atoms with Gasteiger partial charge >= 0.3 is 11.9 Å². The number of carbonyl (C=O) groups excluding carboxylic acids is 2. The average Bonchev–Trinajstić information content (AvgIpc) is 3.12. The van der Waals surface area contributed by atoms with Gasteiger partial charge in [-0.2, -0.15) is 0 Å². The summed E-state index contributed by atoms with van der Waals surface area (Å²) in [7, 11) is 0. The van der Waals surface area contributed by atoms with Crippen molar-refractivity contribution < 1.29 is 19.1 Å². The van der Waals surface area contributed by atoms with E-state index in [1.54, 1.807) is 0 Å². The second-order valence-corrected chi connectivity index (χ2v) is 6.40. The molecule has 0 saturated carbocycles. The fourth-order valence-electron chi connectivity index (χ4n) is 3.23. The Kier molecular flexibility index (Phi) is 7.09. The highest BCUT2D eigenvalue weighted by Crippen LogP contribution is 2.31. The molecule has 1 saturated heterocycles. The molecule has 1 fully saturated rings. The number of hydrogen-bond acceptors (Lipinski definition) is 5. The van der Waals surface area contributed by atoms with Crippen LogP contribution in [0.2, 0.25) is 0 Å². The molecule has 0 aliphatic carbocycles. The fraction of sp³-hybridized carbons (Fsp3) is 0.778. The Bertz CT molecular complexity index is 446. The van der Waals surface area contributed by atoms with E-state index in [0.29, 0.717) is 19.4 Å². The maximum atomic E-state index is 11.9. The molecule has 0 spiro atoms. The largest absolute Gasteiger partial charge is 0.461 e. The normalized spacial score (nSPS) is 23.5. The van der Waals surface area contributed by atoms with Crippen LogP contribution in [-0.2, 0) is 19.1 Å². The second-order valence-electron chi connectivity index (χ2n) is 6.40. The molecule has 2 aliphatic rings. The van der Waals surface area contributed by atoms with Crippen molar-refractivity contribution in [3.63, 3.8) is 0 Å². The molecule has 0 N–H and O–H groups in total. The first-order chi connectivity index (χ1) is 11.2. The van der Waals surface area contributed by atoms with Gasteiger partial charge in [0.05, 0.1) is 6.04 Å². The SMILES string of the molecule is CCCCC(=O)OCC1=CCN2CC[C@H](OC(=O)CCCC)[C@@H]12. The molecule has 5 nitrogen and oxygen atoms in total. The molecule has 130 valence electrons. The van der Waals surface area contributed by atoms with E-state index in [1.165, 1.54) is 0 Å². The third-order valence-corrected chi connectivity index (χ3v) is 4.57. The van der Waals surface area contributed by atoms with Crippen LogP contribution in [0.5, 0.6) is 0 Å². The Balaban J connectivity index is 1.82. The Hall–Kier alpha value is -1.36. The summed E-state index contributed by atoms with van der Waals surface area (Å²) in [4.78, 5) is 25.9. The average molecular weight is 323 g/mol. The summed E-state index contributed by atoms with van der Waals surface area (Å²) in [6.45, 7) is 6.23. The van der Waals surface area contributed by atoms with Gasteiger partial charge in [-0.3, -0.25) is 14.5 Å². The molecule has 2 atom stereocenters. The van der Waals surface area contributed by atoms with Crippen LogP contribution >= 0.6 is 0 Å². The van der Waals surface area contributed by atoms with E-state index < -0.39 is 0 Å². The van der Waals surface area contributed by atoms with Crippen LogP contribution < -0.4 is 0 Å². The number of nitrogens with zero attached hydrogens (tertiary/aromatic N) is 1. The van der Waals surface area contributed by atoms with Gasteiger partial charge in [-0.05, 0) is 24.8 Å². The summed E-state index contributed by atoms with van der Waals surface area (Å²) in [5.41, 5.74) is 1.08. The molecule has 2 aliphatic heterocycles. The van der Waals surface area contributed by atoms with Crippen molar-refractivity contribution in [1.82, 2.24) is 4.90 Å². The zero-order chi connectivity index (χ0) is 16.7. The summed E-state index contributed by atoms with van der Waals surface area (Å²) >= 11 is 0. The lowest BCUT2D eigenvalue weighted by Gasteiger charge is -2.24. The van der Waals surface area contributed by atoms with Gasteiger partial charge in [-0.15, -0.1) is 0 Å². The lowest BCUT2D eigenvalue weighted by molar-refractivity contribution is -0.150. The van der Waals surface area contributed by atoms with Crippen molar-refractivity contribution >= 4 is 11.9 Å². The summed E-state index contributed by atoms with van der Waals surface area (Å²) in [6.07, 6.45) is 7.58. The first-order valence-electron chi connectivity index (χ1n) is 8.93. The molecule has 0 bridgehead atoms. The van der Waals surface area contributed by atoms with Crippen LogP contribution in [0.15, 0.2) is 11.6 Å². The molecule has 0 amide bonds. The van der Waals surface area contributed by atoms with E-state index >= 15 is 0 Å². The zero-order valence-electron chi connectivity index (χ0n) is 14.4. The Labute approximate surface area is 139 Å². The van der Waals surface area contributed by atoms with Crippen LogP contribution in [0.1, 0.15) is 58.8 Å². The van der Waals surface area contributed by atoms with E-state index in [-0.39, 0.29) is 24.1 Å². The fourth-order valence-corrected chi connectivity index (χ4v) is 3.23. The van der Waals surface area contributed by atoms with E-state index in [1.807, 2.05) is 0 Å². The Morgan fingerprint density at radius 1 is 1.17 bits per heavy atom. The number of rotatable bonds is 9. The molecule has 0 aromatic carbocycles. The highest BCUT2D eigenvalue weighted by molar-refractivity contribution is 5.70. The minimum atomic E-state index is -0.138. The summed E-state index contributed by atoms with van der Waals surface area (Å²) in [5.74, 6) is -0.245. The van der Waals surface area contributed by atoms with Gasteiger partial charge in [0.2, 0.25) is 0 Å². The standard InChI is InChI=1S/C18H29NO4/c1-3-5-7-16(20)22-13-14-9-11-19-12-10-15(18(14)19)23-17(21)8-6-4-2/h9,15,18H,3-8,10-13H2,1-2H3/t15-,18+/m0/s1. The molecule has 5 heteroatoms. The third-order valence-electron chi connectivity index (χ3n) is 4.57. The molecule has 23 heavy (non-hydrogen) atoms. The predicted molar refractivity (Wildman–Crippen MR) is 88.0 cm³/mol. The topological polar surface area (TPSA) is 55.8 Å². The number of carbonyl (C=O) groups is 2. The number of hydrogen-bond donors (Lipinski definition) is 0. The first-order valence-corrected chi connectivity index (χ1v) is 8.93. The van der Waals surface area contributed by atoms with Crippen LogP contribution in [0.4, 0.5) is 0 Å². The maximum absolute atomic E-state index is 11.9. The lowest BCUT2D eigenvalue weighted by atomic mass is 10.0. The van der Waals surface area contributed by atoms with Crippen LogP contribution in [0, 0.1) is 0 Å². The van der Waals surface area contributed by atoms with Crippen molar-refractivity contribution in [3.05, 3.63) is 11.6 Å². The monoisotopic (exact) mass is 323 g/mol. The molecular weight excluding hydrogens is 294 g/mol. The molecule has 0 radical (unpaired) electrons. The van der Waals surface area contributed by atoms with Crippen LogP contribution in [0.3, 0.4) is 0 Å². The number of esters is 2. The third kappa shape index (κ3) is 5.06. The molecule has 0 unspecified atom stereocenters. The first kappa shape index (κ1) is 18.0. The maximum Gasteiger partial charge on any atom is 0.306 e. The number of fused-ring (bicyclic) bond motifs is 1. The summed E-state index contributed by atoms with van der Waals surface area (Å²) < 4.78 is 11.0. The van der Waals surface area contributed by atoms with Crippen molar-refractivity contribution in [2.75, 3.05) is 19.7 Å². The highest BCUT2D eigenvalue weighted by atomic mass is 16.5. The van der Waals surface area contributed by atoms with Gasteiger partial charge in [-0.25, -0.2) is 0 Å². The van der Waals surface area contributed by atoms with Crippen LogP contribution in [-0.4, -0.2) is 48.7 Å². The Morgan fingerprint density at radius 2 is 1.87 bits per heavy atom. The quantitative estimate of drug-likeness (QED) is 0.482. The van der Waals surface area contributed by atoms with Crippen molar-refractivity contribution in [2.24, 2.45) is 0 Å². The van der Waals surface area contributed by atoms with Gasteiger partial charge in [0.1, 0.15) is 12.7 Å². The highest BCUT2D eigenvalue weighted by Gasteiger charge is 2.41. The smallest absolute Gasteiger partial charge is 0.306 e. The zero-order valence-corrected chi connectivity index (χ0v) is 14.4. The summed E-state index contributed by atoms with van der Waals surface area (Å²) in [6, 6.07) is 0.0968. The van der Waals surface area contributed by atoms with E-state index in [0.717, 1.165) is 50.8 Å². The van der Waals surface area contributed by atoms with Gasteiger partial charge in [-0.1, -0.05) is 32.8 Å². The number of ether oxygens (including phenoxy) is 2. The van der Waals surface area contributed by atoms with Crippen molar-refractivity contribution in [3.8, 4) is 0 Å². The number of unbranched alkanes of at least 4 members (excludes halogenated alkanes) is 2. The Morgan fingerprint density at radius 3 is 2.57 bits per heavy atom. The predicted octanol–water partition coefficient (Wildman–Crippen LogP) is 2.84. The van der Waals surface area contributed by atoms with E-state index in [9.17, 15) is 9.59 Å². The molecular formula is C18H29NO4.